The molecule has 0 aliphatic carbocycles. The Balaban J connectivity index is 2.63. The Morgan fingerprint density at radius 2 is 2.17 bits per heavy atom. The number of aromatic nitrogens is 1. The van der Waals surface area contributed by atoms with Crippen LogP contribution >= 0.6 is 0 Å². The summed E-state index contributed by atoms with van der Waals surface area (Å²) in [4.78, 5) is 11.3. The fourth-order valence-electron chi connectivity index (χ4n) is 2.37. The molecule has 0 atom stereocenters. The Labute approximate surface area is 107 Å². The van der Waals surface area contributed by atoms with Crippen molar-refractivity contribution in [2.75, 3.05) is 7.11 Å². The summed E-state index contributed by atoms with van der Waals surface area (Å²) >= 11 is 0. The van der Waals surface area contributed by atoms with Crippen molar-refractivity contribution in [3.8, 4) is 5.75 Å². The molecule has 0 saturated heterocycles. The van der Waals surface area contributed by atoms with Gasteiger partial charge in [0.2, 0.25) is 0 Å². The molecule has 0 bridgehead atoms. The highest BCUT2D eigenvalue weighted by molar-refractivity contribution is 6.00. The van der Waals surface area contributed by atoms with Gasteiger partial charge < -0.3 is 9.30 Å². The van der Waals surface area contributed by atoms with Gasteiger partial charge in [0.15, 0.2) is 6.29 Å². The van der Waals surface area contributed by atoms with E-state index in [1.165, 1.54) is 0 Å². The second kappa shape index (κ2) is 5.25. The van der Waals surface area contributed by atoms with E-state index in [0.29, 0.717) is 0 Å². The van der Waals surface area contributed by atoms with E-state index in [9.17, 15) is 4.79 Å². The normalized spacial score (nSPS) is 10.8. The van der Waals surface area contributed by atoms with Crippen molar-refractivity contribution in [3.63, 3.8) is 0 Å². The first-order valence-electron chi connectivity index (χ1n) is 6.35. The first-order valence-corrected chi connectivity index (χ1v) is 6.35. The number of benzene rings is 1. The Morgan fingerprint density at radius 1 is 1.39 bits per heavy atom. The second-order valence-electron chi connectivity index (χ2n) is 4.51. The number of methoxy groups -OCH3 is 1. The van der Waals surface area contributed by atoms with Gasteiger partial charge in [-0.2, -0.15) is 0 Å². The molecule has 0 saturated carbocycles. The minimum atomic E-state index is 0.778. The van der Waals surface area contributed by atoms with Gasteiger partial charge in [-0.3, -0.25) is 4.79 Å². The van der Waals surface area contributed by atoms with Gasteiger partial charge in [-0.1, -0.05) is 13.3 Å². The summed E-state index contributed by atoms with van der Waals surface area (Å²) in [5, 5.41) is 0.984. The first-order chi connectivity index (χ1) is 8.72. The van der Waals surface area contributed by atoms with Gasteiger partial charge in [0.05, 0.1) is 7.11 Å². The van der Waals surface area contributed by atoms with Crippen molar-refractivity contribution in [1.29, 1.82) is 0 Å². The predicted octanol–water partition coefficient (Wildman–Crippen LogP) is 3.57. The van der Waals surface area contributed by atoms with Crippen molar-refractivity contribution < 1.29 is 9.53 Å². The number of fused-ring (bicyclic) bond motifs is 1. The van der Waals surface area contributed by atoms with Crippen LogP contribution in [0, 0.1) is 6.92 Å². The summed E-state index contributed by atoms with van der Waals surface area (Å²) in [6.45, 7) is 5.13. The van der Waals surface area contributed by atoms with Crippen LogP contribution in [0.25, 0.3) is 10.9 Å². The Hall–Kier alpha value is -1.77. The number of hydrogen-bond acceptors (Lipinski definition) is 2. The molecule has 96 valence electrons. The van der Waals surface area contributed by atoms with Crippen LogP contribution in [0.2, 0.25) is 0 Å². The number of rotatable bonds is 5. The summed E-state index contributed by atoms with van der Waals surface area (Å²) < 4.78 is 7.45. The molecule has 1 heterocycles. The van der Waals surface area contributed by atoms with Crippen LogP contribution in [0.1, 0.15) is 35.8 Å². The molecule has 0 unspecified atom stereocenters. The average molecular weight is 245 g/mol. The maximum atomic E-state index is 11.3. The standard InChI is InChI=1S/C15H19NO2/c1-4-5-8-16-11(2)14(10-17)13-9-12(18-3)6-7-15(13)16/h6-7,9-10H,4-5,8H2,1-3H3. The molecular formula is C15H19NO2. The molecule has 1 aromatic carbocycles. The van der Waals surface area contributed by atoms with Crippen LogP contribution in [0.3, 0.4) is 0 Å². The van der Waals surface area contributed by atoms with Gasteiger partial charge in [-0.15, -0.1) is 0 Å². The van der Waals surface area contributed by atoms with Crippen molar-refractivity contribution >= 4 is 17.2 Å². The molecular weight excluding hydrogens is 226 g/mol. The summed E-state index contributed by atoms with van der Waals surface area (Å²) in [7, 11) is 1.64. The number of hydrogen-bond donors (Lipinski definition) is 0. The number of nitrogens with zero attached hydrogens (tertiary/aromatic N) is 1. The molecule has 0 fully saturated rings. The van der Waals surface area contributed by atoms with Crippen LogP contribution in [0.4, 0.5) is 0 Å². The number of aldehydes is 1. The number of aryl methyl sites for hydroxylation is 1. The molecule has 0 spiro atoms. The molecule has 0 radical (unpaired) electrons. The Bertz CT molecular complexity index is 569. The Morgan fingerprint density at radius 3 is 2.78 bits per heavy atom. The molecule has 0 amide bonds. The van der Waals surface area contributed by atoms with Gasteiger partial charge in [-0.05, 0) is 31.5 Å². The zero-order valence-corrected chi connectivity index (χ0v) is 11.2. The van der Waals surface area contributed by atoms with Gasteiger partial charge in [0, 0.05) is 28.7 Å². The van der Waals surface area contributed by atoms with Crippen molar-refractivity contribution in [1.82, 2.24) is 4.57 Å². The van der Waals surface area contributed by atoms with E-state index >= 15 is 0 Å². The zero-order chi connectivity index (χ0) is 13.1. The van der Waals surface area contributed by atoms with Crippen LogP contribution in [0.5, 0.6) is 5.75 Å². The smallest absolute Gasteiger partial charge is 0.152 e. The maximum Gasteiger partial charge on any atom is 0.152 e. The third kappa shape index (κ3) is 2.01. The molecule has 2 aromatic rings. The third-order valence-corrected chi connectivity index (χ3v) is 3.43. The largest absolute Gasteiger partial charge is 0.497 e. The van der Waals surface area contributed by atoms with Crippen molar-refractivity contribution in [2.24, 2.45) is 0 Å². The number of carbonyl (C=O) groups excluding carboxylic acids is 1. The van der Waals surface area contributed by atoms with Crippen molar-refractivity contribution in [3.05, 3.63) is 29.5 Å². The first kappa shape index (κ1) is 12.7. The quantitative estimate of drug-likeness (QED) is 0.754. The summed E-state index contributed by atoms with van der Waals surface area (Å²) in [5.74, 6) is 0.790. The van der Waals surface area contributed by atoms with Gasteiger partial charge in [-0.25, -0.2) is 0 Å². The van der Waals surface area contributed by atoms with E-state index in [1.807, 2.05) is 25.1 Å². The zero-order valence-electron chi connectivity index (χ0n) is 11.2. The van der Waals surface area contributed by atoms with Crippen molar-refractivity contribution in [2.45, 2.75) is 33.2 Å². The molecule has 18 heavy (non-hydrogen) atoms. The molecule has 3 nitrogen and oxygen atoms in total. The van der Waals surface area contributed by atoms with E-state index in [2.05, 4.69) is 11.5 Å². The summed E-state index contributed by atoms with van der Waals surface area (Å²) in [6, 6.07) is 5.91. The van der Waals surface area contributed by atoms with Gasteiger partial charge in [0.1, 0.15) is 5.75 Å². The van der Waals surface area contributed by atoms with Gasteiger partial charge in [0.25, 0.3) is 0 Å². The second-order valence-corrected chi connectivity index (χ2v) is 4.51. The van der Waals surface area contributed by atoms with Crippen LogP contribution in [-0.2, 0) is 6.54 Å². The maximum absolute atomic E-state index is 11.3. The molecule has 0 aliphatic heterocycles. The lowest BCUT2D eigenvalue weighted by Crippen LogP contribution is -2.00. The van der Waals surface area contributed by atoms with E-state index in [0.717, 1.165) is 53.6 Å². The molecule has 0 aliphatic rings. The SMILES string of the molecule is CCCCn1c(C)c(C=O)c2cc(OC)ccc21. The fourth-order valence-corrected chi connectivity index (χ4v) is 2.37. The molecule has 1 aromatic heterocycles. The highest BCUT2D eigenvalue weighted by Gasteiger charge is 2.13. The lowest BCUT2D eigenvalue weighted by molar-refractivity contribution is 0.112. The van der Waals surface area contributed by atoms with E-state index in [4.69, 9.17) is 4.74 Å². The highest BCUT2D eigenvalue weighted by atomic mass is 16.5. The molecule has 2 rings (SSSR count). The Kier molecular flexibility index (Phi) is 3.70. The minimum Gasteiger partial charge on any atom is -0.497 e. The number of unbranched alkanes of at least 4 members (excludes halogenated alkanes) is 1. The average Bonchev–Trinajstić information content (AvgIpc) is 2.66. The van der Waals surface area contributed by atoms with E-state index in [1.54, 1.807) is 7.11 Å². The topological polar surface area (TPSA) is 31.2 Å². The predicted molar refractivity (Wildman–Crippen MR) is 73.5 cm³/mol. The number of ether oxygens (including phenoxy) is 1. The summed E-state index contributed by atoms with van der Waals surface area (Å²) in [6.07, 6.45) is 3.21. The number of carbonyl (C=O) groups is 1. The summed E-state index contributed by atoms with van der Waals surface area (Å²) in [5.41, 5.74) is 2.94. The third-order valence-electron chi connectivity index (χ3n) is 3.43. The lowest BCUT2D eigenvalue weighted by Gasteiger charge is -2.07. The molecule has 3 heteroatoms. The minimum absolute atomic E-state index is 0.778. The molecule has 0 N–H and O–H groups in total. The monoisotopic (exact) mass is 245 g/mol. The van der Waals surface area contributed by atoms with Gasteiger partial charge >= 0.3 is 0 Å². The van der Waals surface area contributed by atoms with Crippen LogP contribution in [0.15, 0.2) is 18.2 Å². The van der Waals surface area contributed by atoms with Crippen LogP contribution < -0.4 is 4.74 Å². The fraction of sp³-hybridized carbons (Fsp3) is 0.400. The highest BCUT2D eigenvalue weighted by Crippen LogP contribution is 2.28. The lowest BCUT2D eigenvalue weighted by atomic mass is 10.1. The van der Waals surface area contributed by atoms with E-state index in [-0.39, 0.29) is 0 Å². The van der Waals surface area contributed by atoms with Crippen LogP contribution in [-0.4, -0.2) is 18.0 Å². The van der Waals surface area contributed by atoms with E-state index < -0.39 is 0 Å².